The quantitative estimate of drug-likeness (QED) is 0.850. The molecule has 1 heterocycles. The molecule has 0 aromatic heterocycles. The van der Waals surface area contributed by atoms with Gasteiger partial charge in [0.2, 0.25) is 0 Å². The molecule has 1 aliphatic heterocycles. The van der Waals surface area contributed by atoms with Crippen molar-refractivity contribution in [1.82, 2.24) is 10.2 Å². The van der Waals surface area contributed by atoms with Crippen LogP contribution in [0.1, 0.15) is 65.7 Å². The summed E-state index contributed by atoms with van der Waals surface area (Å²) in [6.45, 7) is 9.76. The molecule has 21 heavy (non-hydrogen) atoms. The van der Waals surface area contributed by atoms with E-state index in [2.05, 4.69) is 31.0 Å². The van der Waals surface area contributed by atoms with Crippen LogP contribution in [-0.4, -0.2) is 36.1 Å². The minimum atomic E-state index is 0.667. The zero-order valence-corrected chi connectivity index (χ0v) is 14.3. The van der Waals surface area contributed by atoms with E-state index < -0.39 is 0 Å². The minimum Gasteiger partial charge on any atom is -0.310 e. The number of rotatable bonds is 4. The zero-order valence-electron chi connectivity index (χ0n) is 14.3. The van der Waals surface area contributed by atoms with Crippen LogP contribution in [0, 0.1) is 23.2 Å². The highest BCUT2D eigenvalue weighted by Crippen LogP contribution is 2.61. The van der Waals surface area contributed by atoms with Gasteiger partial charge in [0.05, 0.1) is 0 Å². The van der Waals surface area contributed by atoms with Gasteiger partial charge in [0.1, 0.15) is 0 Å². The van der Waals surface area contributed by atoms with E-state index in [1.165, 1.54) is 38.8 Å². The Labute approximate surface area is 131 Å². The molecule has 1 N–H and O–H groups in total. The number of hydrogen-bond donors (Lipinski definition) is 1. The third kappa shape index (κ3) is 2.57. The van der Waals surface area contributed by atoms with Gasteiger partial charge >= 0.3 is 0 Å². The lowest BCUT2D eigenvalue weighted by molar-refractivity contribution is -0.0719. The molecule has 5 aliphatic rings. The van der Waals surface area contributed by atoms with Crippen LogP contribution in [0.15, 0.2) is 0 Å². The van der Waals surface area contributed by atoms with Gasteiger partial charge in [-0.2, -0.15) is 0 Å². The van der Waals surface area contributed by atoms with E-state index in [0.29, 0.717) is 11.5 Å². The SMILES string of the molecule is CC(C)N1CCC(NC(C)C23CC4CC(CC(C4)C2)C3)C1. The number of hydrogen-bond acceptors (Lipinski definition) is 2. The molecule has 4 aliphatic carbocycles. The van der Waals surface area contributed by atoms with Crippen molar-refractivity contribution in [3.63, 3.8) is 0 Å². The molecule has 0 amide bonds. The van der Waals surface area contributed by atoms with Gasteiger partial charge in [-0.15, -0.1) is 0 Å². The van der Waals surface area contributed by atoms with Crippen LogP contribution in [0.5, 0.6) is 0 Å². The fourth-order valence-electron chi connectivity index (χ4n) is 6.63. The lowest BCUT2D eigenvalue weighted by Crippen LogP contribution is -2.56. The van der Waals surface area contributed by atoms with Crippen molar-refractivity contribution in [3.05, 3.63) is 0 Å². The van der Waals surface area contributed by atoms with E-state index in [1.807, 2.05) is 0 Å². The van der Waals surface area contributed by atoms with Crippen LogP contribution < -0.4 is 5.32 Å². The summed E-state index contributed by atoms with van der Waals surface area (Å²) in [7, 11) is 0. The van der Waals surface area contributed by atoms with Gasteiger partial charge in [0.25, 0.3) is 0 Å². The molecule has 4 bridgehead atoms. The molecular formula is C19H34N2. The zero-order chi connectivity index (χ0) is 14.6. The van der Waals surface area contributed by atoms with Crippen molar-refractivity contribution in [3.8, 4) is 0 Å². The van der Waals surface area contributed by atoms with Gasteiger partial charge in [-0.1, -0.05) is 0 Å². The van der Waals surface area contributed by atoms with Crippen molar-refractivity contribution >= 4 is 0 Å². The lowest BCUT2D eigenvalue weighted by atomic mass is 9.48. The lowest BCUT2D eigenvalue weighted by Gasteiger charge is -2.59. The predicted molar refractivity (Wildman–Crippen MR) is 88.3 cm³/mol. The topological polar surface area (TPSA) is 15.3 Å². The maximum atomic E-state index is 4.08. The first kappa shape index (κ1) is 14.5. The molecule has 0 spiro atoms. The molecule has 2 unspecified atom stereocenters. The number of likely N-dealkylation sites (tertiary alicyclic amines) is 1. The van der Waals surface area contributed by atoms with E-state index >= 15 is 0 Å². The Morgan fingerprint density at radius 2 is 1.52 bits per heavy atom. The van der Waals surface area contributed by atoms with Crippen molar-refractivity contribution in [1.29, 1.82) is 0 Å². The Morgan fingerprint density at radius 1 is 0.952 bits per heavy atom. The van der Waals surface area contributed by atoms with Crippen LogP contribution in [0.25, 0.3) is 0 Å². The van der Waals surface area contributed by atoms with E-state index in [4.69, 9.17) is 0 Å². The fourth-order valence-corrected chi connectivity index (χ4v) is 6.63. The monoisotopic (exact) mass is 290 g/mol. The smallest absolute Gasteiger partial charge is 0.0210 e. The van der Waals surface area contributed by atoms with Crippen LogP contribution in [0.4, 0.5) is 0 Å². The first-order valence-corrected chi connectivity index (χ1v) is 9.54. The molecule has 2 heteroatoms. The summed E-state index contributed by atoms with van der Waals surface area (Å²) in [5.74, 6) is 3.24. The molecule has 5 fully saturated rings. The van der Waals surface area contributed by atoms with E-state index in [-0.39, 0.29) is 0 Å². The molecule has 0 aromatic rings. The van der Waals surface area contributed by atoms with Crippen molar-refractivity contribution < 1.29 is 0 Å². The summed E-state index contributed by atoms with van der Waals surface area (Å²) in [4.78, 5) is 2.64. The van der Waals surface area contributed by atoms with Gasteiger partial charge in [0, 0.05) is 24.7 Å². The summed E-state index contributed by atoms with van der Waals surface area (Å²) in [5, 5.41) is 4.08. The second-order valence-electron chi connectivity index (χ2n) is 9.24. The van der Waals surface area contributed by atoms with Crippen LogP contribution >= 0.6 is 0 Å². The Balaban J connectivity index is 1.40. The third-order valence-electron chi connectivity index (χ3n) is 7.44. The molecule has 2 nitrogen and oxygen atoms in total. The summed E-state index contributed by atoms with van der Waals surface area (Å²) in [5.41, 5.74) is 0.667. The maximum absolute atomic E-state index is 4.08. The van der Waals surface area contributed by atoms with Crippen molar-refractivity contribution in [2.75, 3.05) is 13.1 Å². The molecule has 2 atom stereocenters. The molecule has 5 rings (SSSR count). The Bertz CT molecular complexity index is 354. The number of nitrogens with zero attached hydrogens (tertiary/aromatic N) is 1. The second-order valence-corrected chi connectivity index (χ2v) is 9.24. The van der Waals surface area contributed by atoms with Gasteiger partial charge in [-0.05, 0) is 95.4 Å². The largest absolute Gasteiger partial charge is 0.310 e. The highest BCUT2D eigenvalue weighted by Gasteiger charge is 2.53. The van der Waals surface area contributed by atoms with Crippen molar-refractivity contribution in [2.45, 2.75) is 83.8 Å². The average molecular weight is 290 g/mol. The number of nitrogens with one attached hydrogen (secondary N) is 1. The standard InChI is InChI=1S/C19H34N2/c1-13(2)21-5-4-18(12-21)20-14(3)19-9-15-6-16(10-19)8-17(7-15)11-19/h13-18,20H,4-12H2,1-3H3. The van der Waals surface area contributed by atoms with Crippen LogP contribution in [0.3, 0.4) is 0 Å². The van der Waals surface area contributed by atoms with E-state index in [1.54, 1.807) is 19.3 Å². The van der Waals surface area contributed by atoms with Gasteiger partial charge in [-0.25, -0.2) is 0 Å². The predicted octanol–water partition coefficient (Wildman–Crippen LogP) is 3.66. The van der Waals surface area contributed by atoms with Crippen molar-refractivity contribution in [2.24, 2.45) is 23.2 Å². The Hall–Kier alpha value is -0.0800. The highest BCUT2D eigenvalue weighted by molar-refractivity contribution is 5.06. The van der Waals surface area contributed by atoms with Crippen LogP contribution in [-0.2, 0) is 0 Å². The summed E-state index contributed by atoms with van der Waals surface area (Å²) in [6.07, 6.45) is 10.7. The maximum Gasteiger partial charge on any atom is 0.0210 e. The molecule has 120 valence electrons. The van der Waals surface area contributed by atoms with Gasteiger partial charge in [-0.3, -0.25) is 4.90 Å². The van der Waals surface area contributed by atoms with E-state index in [9.17, 15) is 0 Å². The minimum absolute atomic E-state index is 0.667. The highest BCUT2D eigenvalue weighted by atomic mass is 15.2. The first-order valence-electron chi connectivity index (χ1n) is 9.54. The van der Waals surface area contributed by atoms with E-state index in [0.717, 1.165) is 29.8 Å². The van der Waals surface area contributed by atoms with Crippen LogP contribution in [0.2, 0.25) is 0 Å². The second kappa shape index (κ2) is 5.23. The summed E-state index contributed by atoms with van der Waals surface area (Å²) in [6, 6.07) is 2.20. The van der Waals surface area contributed by atoms with Gasteiger partial charge < -0.3 is 5.32 Å². The average Bonchev–Trinajstić information content (AvgIpc) is 2.85. The van der Waals surface area contributed by atoms with Gasteiger partial charge in [0.15, 0.2) is 0 Å². The summed E-state index contributed by atoms with van der Waals surface area (Å²) >= 11 is 0. The first-order chi connectivity index (χ1) is 10.0. The molecular weight excluding hydrogens is 256 g/mol. The molecule has 0 aromatic carbocycles. The summed E-state index contributed by atoms with van der Waals surface area (Å²) < 4.78 is 0. The third-order valence-corrected chi connectivity index (χ3v) is 7.44. The molecule has 1 saturated heterocycles. The molecule has 4 saturated carbocycles. The molecule has 0 radical (unpaired) electrons. The Morgan fingerprint density at radius 3 is 2.00 bits per heavy atom. The fraction of sp³-hybridized carbons (Fsp3) is 1.00. The Kier molecular flexibility index (Phi) is 3.61. The normalized spacial score (nSPS) is 47.4.